The molecule has 0 atom stereocenters. The zero-order valence-electron chi connectivity index (χ0n) is 43.9. The van der Waals surface area contributed by atoms with Crippen LogP contribution in [-0.2, 0) is 39.2 Å². The van der Waals surface area contributed by atoms with Gasteiger partial charge in [-0.2, -0.15) is 0 Å². The van der Waals surface area contributed by atoms with Crippen LogP contribution in [0.25, 0.3) is 77.2 Å². The van der Waals surface area contributed by atoms with E-state index in [9.17, 15) is 0 Å². The van der Waals surface area contributed by atoms with Crippen LogP contribution >= 0.6 is 0 Å². The summed E-state index contributed by atoms with van der Waals surface area (Å²) in [5.74, 6) is 0. The number of furan rings is 2. The van der Waals surface area contributed by atoms with Gasteiger partial charge in [-0.1, -0.05) is 133 Å². The predicted molar refractivity (Wildman–Crippen MR) is 243 cm³/mol. The maximum absolute atomic E-state index is 8.93. The molecule has 0 aliphatic carbocycles. The minimum absolute atomic E-state index is 0. The zero-order chi connectivity index (χ0) is 48.9. The molecule has 0 saturated heterocycles. The summed E-state index contributed by atoms with van der Waals surface area (Å²) in [6.45, 7) is 13.7. The summed E-state index contributed by atoms with van der Waals surface area (Å²) < 4.78 is 90.0. The van der Waals surface area contributed by atoms with Crippen molar-refractivity contribution in [3.8, 4) is 22.5 Å². The second-order valence-electron chi connectivity index (χ2n) is 17.9. The summed E-state index contributed by atoms with van der Waals surface area (Å²) in [6.07, 6.45) is -2.64. The summed E-state index contributed by atoms with van der Waals surface area (Å²) in [5.41, 5.74) is 3.50. The van der Waals surface area contributed by atoms with Gasteiger partial charge in [0, 0.05) is 71.8 Å². The Morgan fingerprint density at radius 2 is 1.14 bits per heavy atom. The van der Waals surface area contributed by atoms with Crippen LogP contribution in [0.1, 0.15) is 96.9 Å². The Morgan fingerprint density at radius 3 is 1.80 bits per heavy atom. The fraction of sp³-hybridized carbons (Fsp3) is 0.296. The van der Waals surface area contributed by atoms with Gasteiger partial charge in [-0.05, 0) is 76.4 Å². The number of aromatic nitrogens is 2. The van der Waals surface area contributed by atoms with E-state index in [0.29, 0.717) is 39.2 Å². The van der Waals surface area contributed by atoms with E-state index in [4.69, 9.17) is 21.2 Å². The smallest absolute Gasteiger partial charge is 0.144 e. The number of benzene rings is 5. The number of para-hydroxylation sites is 1. The van der Waals surface area contributed by atoms with Gasteiger partial charge in [0.1, 0.15) is 16.7 Å². The fourth-order valence-electron chi connectivity index (χ4n) is 7.32. The molecule has 59 heavy (non-hydrogen) atoms. The van der Waals surface area contributed by atoms with E-state index in [1.54, 1.807) is 45.0 Å². The largest absolute Gasteiger partial charge is 0.500 e. The van der Waals surface area contributed by atoms with Crippen molar-refractivity contribution < 1.29 is 41.3 Å². The number of hydrogen-bond donors (Lipinski definition) is 0. The summed E-state index contributed by atoms with van der Waals surface area (Å²) in [4.78, 5) is 8.97. The first-order valence-electron chi connectivity index (χ1n) is 24.2. The molecule has 4 nitrogen and oxygen atoms in total. The van der Waals surface area contributed by atoms with Crippen molar-refractivity contribution in [1.82, 2.24) is 9.97 Å². The Kier molecular flexibility index (Phi) is 8.71. The van der Waals surface area contributed by atoms with Crippen LogP contribution < -0.4 is 0 Å². The number of nitrogens with zero attached hydrogens (tertiary/aromatic N) is 2. The van der Waals surface area contributed by atoms with Gasteiger partial charge in [-0.25, -0.2) is 0 Å². The van der Waals surface area contributed by atoms with Crippen molar-refractivity contribution in [3.63, 3.8) is 0 Å². The molecule has 0 amide bonds. The van der Waals surface area contributed by atoms with Crippen LogP contribution in [-0.4, -0.2) is 9.97 Å². The van der Waals surface area contributed by atoms with E-state index in [0.717, 1.165) is 49.0 Å². The molecule has 1 radical (unpaired) electrons. The number of rotatable bonds is 5. The summed E-state index contributed by atoms with van der Waals surface area (Å²) in [7, 11) is 0. The van der Waals surface area contributed by atoms with E-state index in [2.05, 4.69) is 22.1 Å². The van der Waals surface area contributed by atoms with Crippen molar-refractivity contribution in [2.75, 3.05) is 0 Å². The average molecular weight is 964 g/mol. The topological polar surface area (TPSA) is 52.1 Å². The van der Waals surface area contributed by atoms with Crippen molar-refractivity contribution in [3.05, 3.63) is 144 Å². The summed E-state index contributed by atoms with van der Waals surface area (Å²) >= 11 is 0. The third-order valence-electron chi connectivity index (χ3n) is 9.49. The summed E-state index contributed by atoms with van der Waals surface area (Å²) in [6, 6.07) is 36.7. The molecule has 0 unspecified atom stereocenters. The Labute approximate surface area is 375 Å². The van der Waals surface area contributed by atoms with E-state index >= 15 is 0 Å². The Balaban J connectivity index is 0.000000220. The first kappa shape index (κ1) is 31.8. The van der Waals surface area contributed by atoms with E-state index < -0.39 is 42.2 Å². The molecule has 4 aromatic heterocycles. The first-order chi connectivity index (χ1) is 31.1. The van der Waals surface area contributed by atoms with Crippen LogP contribution in [0.3, 0.4) is 0 Å². The molecule has 0 aliphatic heterocycles. The van der Waals surface area contributed by atoms with Gasteiger partial charge in [0.2, 0.25) is 0 Å². The second kappa shape index (κ2) is 16.2. The van der Waals surface area contributed by atoms with Crippen LogP contribution in [0.2, 0.25) is 0 Å². The number of hydrogen-bond acceptors (Lipinski definition) is 4. The summed E-state index contributed by atoms with van der Waals surface area (Å²) in [5, 5.41) is 5.55. The van der Waals surface area contributed by atoms with Gasteiger partial charge in [-0.15, -0.1) is 54.1 Å². The van der Waals surface area contributed by atoms with Crippen molar-refractivity contribution in [2.45, 2.75) is 88.3 Å². The molecule has 0 aliphatic rings. The van der Waals surface area contributed by atoms with Gasteiger partial charge in [0.15, 0.2) is 0 Å². The van der Waals surface area contributed by atoms with Gasteiger partial charge < -0.3 is 18.8 Å². The van der Waals surface area contributed by atoms with Crippen LogP contribution in [0.4, 0.5) is 0 Å². The molecule has 0 fully saturated rings. The van der Waals surface area contributed by atoms with Crippen molar-refractivity contribution >= 4 is 54.6 Å². The van der Waals surface area contributed by atoms with Gasteiger partial charge in [0.05, 0.1) is 5.58 Å². The third kappa shape index (κ3) is 8.93. The molecule has 4 heterocycles. The molecule has 303 valence electrons. The number of pyridine rings is 2. The number of aryl methyl sites for hydroxylation is 1. The van der Waals surface area contributed by atoms with Crippen LogP contribution in [0.5, 0.6) is 0 Å². The van der Waals surface area contributed by atoms with E-state index in [1.807, 2.05) is 114 Å². The monoisotopic (exact) mass is 964 g/mol. The molecule has 9 rings (SSSR count). The Bertz CT molecular complexity index is 3340. The Morgan fingerprint density at radius 1 is 0.559 bits per heavy atom. The van der Waals surface area contributed by atoms with Gasteiger partial charge in [-0.3, -0.25) is 0 Å². The molecule has 0 N–H and O–H groups in total. The van der Waals surface area contributed by atoms with E-state index in [1.165, 1.54) is 12.4 Å². The molecular formula is C54H54IrN2O2-2. The quantitative estimate of drug-likeness (QED) is 0.161. The third-order valence-corrected chi connectivity index (χ3v) is 9.49. The number of fused-ring (bicyclic) bond motifs is 10. The van der Waals surface area contributed by atoms with Gasteiger partial charge in [0.25, 0.3) is 0 Å². The van der Waals surface area contributed by atoms with E-state index in [-0.39, 0.29) is 31.2 Å². The first-order valence-corrected chi connectivity index (χ1v) is 19.7. The molecule has 5 heteroatoms. The normalized spacial score (nSPS) is 15.5. The second-order valence-corrected chi connectivity index (χ2v) is 17.9. The Hall–Kier alpha value is -5.09. The van der Waals surface area contributed by atoms with Crippen molar-refractivity contribution in [2.24, 2.45) is 16.2 Å². The van der Waals surface area contributed by atoms with Crippen LogP contribution in [0.15, 0.2) is 118 Å². The predicted octanol–water partition coefficient (Wildman–Crippen LogP) is 15.1. The van der Waals surface area contributed by atoms with Crippen molar-refractivity contribution in [1.29, 1.82) is 0 Å². The maximum Gasteiger partial charge on any atom is 0.144 e. The SMILES string of the molecule is [2H]C([2H])([2H])c1cnc(-c2[c-]ccc3c2oc2c4ccccc4c4oc5ccccc5c4c32)cc1C([2H])([2H])C(C)(C)C.[2H]C([2H])(c1cnc(-c2[c-]cccc2)cc1C([2H])([2H])C(C)(C)C)C(C)(C)C.[Ir]. The molecule has 0 saturated carbocycles. The standard InChI is InChI=1S/C33H26NO2.C21H28N.Ir/c1-19-18-34-26(16-20(19)17-33(2,3)4)23-13-9-14-25-29-28-24-12-7-8-15-27(24)35-31(28)21-10-5-6-11-22(21)32(29)36-30(23)25;1-20(2,3)13-17-12-19(16-10-8-7-9-11-16)22-15-18(17)14-21(4,5)6;/h5-12,14-16,18H,17H2,1-4H3;7-10,12,15H,13-14H2,1-6H3;/q2*-1;/i1D3,17D2;13D2,14D2;. The molecule has 5 aromatic carbocycles. The van der Waals surface area contributed by atoms with Crippen LogP contribution in [0, 0.1) is 35.2 Å². The maximum atomic E-state index is 8.93. The molecule has 9 aromatic rings. The minimum Gasteiger partial charge on any atom is -0.500 e. The zero-order valence-corrected chi connectivity index (χ0v) is 37.3. The molecular weight excluding hydrogens is 901 g/mol. The average Bonchev–Trinajstić information content (AvgIpc) is 3.84. The molecule has 0 bridgehead atoms. The molecule has 0 spiro atoms. The van der Waals surface area contributed by atoms with Gasteiger partial charge >= 0.3 is 0 Å². The minimum atomic E-state index is -2.53. The fourth-order valence-corrected chi connectivity index (χ4v) is 7.32.